The fraction of sp³-hybridized carbons (Fsp3) is 0.294. The summed E-state index contributed by atoms with van der Waals surface area (Å²) < 4.78 is 0. The maximum Gasteiger partial charge on any atom is 0.0870 e. The van der Waals surface area contributed by atoms with Crippen LogP contribution in [0.1, 0.15) is 23.1 Å². The van der Waals surface area contributed by atoms with Gasteiger partial charge < -0.3 is 10.0 Å². The Hall–Kier alpha value is -1.06. The van der Waals surface area contributed by atoms with E-state index in [-0.39, 0.29) is 5.92 Å². The van der Waals surface area contributed by atoms with E-state index in [1.165, 1.54) is 0 Å². The van der Waals surface area contributed by atoms with Gasteiger partial charge in [-0.05, 0) is 37.4 Å². The molecule has 112 valence electrons. The molecule has 2 atom stereocenters. The summed E-state index contributed by atoms with van der Waals surface area (Å²) in [6.45, 7) is 0.716. The van der Waals surface area contributed by atoms with E-state index in [9.17, 15) is 5.11 Å². The third kappa shape index (κ3) is 4.21. The Labute approximate surface area is 135 Å². The van der Waals surface area contributed by atoms with E-state index in [0.29, 0.717) is 16.6 Å². The molecule has 2 aromatic carbocycles. The summed E-state index contributed by atoms with van der Waals surface area (Å²) in [6, 6.07) is 15.2. The Balaban J connectivity index is 2.35. The van der Waals surface area contributed by atoms with Gasteiger partial charge >= 0.3 is 0 Å². The van der Waals surface area contributed by atoms with Gasteiger partial charge in [-0.1, -0.05) is 59.6 Å². The Bertz CT molecular complexity index is 587. The monoisotopic (exact) mass is 323 g/mol. The zero-order chi connectivity index (χ0) is 15.4. The predicted molar refractivity (Wildman–Crippen MR) is 89.2 cm³/mol. The number of rotatable bonds is 5. The van der Waals surface area contributed by atoms with E-state index in [0.717, 1.165) is 11.1 Å². The van der Waals surface area contributed by atoms with Crippen LogP contribution in [0, 0.1) is 0 Å². The number of aliphatic hydroxyl groups is 1. The van der Waals surface area contributed by atoms with Crippen LogP contribution in [0.2, 0.25) is 10.0 Å². The van der Waals surface area contributed by atoms with E-state index in [1.54, 1.807) is 6.07 Å². The van der Waals surface area contributed by atoms with Gasteiger partial charge in [0, 0.05) is 12.5 Å². The van der Waals surface area contributed by atoms with Crippen molar-refractivity contribution in [2.75, 3.05) is 20.6 Å². The molecule has 2 rings (SSSR count). The lowest BCUT2D eigenvalue weighted by atomic mass is 9.89. The molecule has 0 spiro atoms. The molecule has 0 amide bonds. The van der Waals surface area contributed by atoms with Gasteiger partial charge in [0.2, 0.25) is 0 Å². The molecule has 2 nitrogen and oxygen atoms in total. The highest BCUT2D eigenvalue weighted by atomic mass is 35.5. The smallest absolute Gasteiger partial charge is 0.0870 e. The summed E-state index contributed by atoms with van der Waals surface area (Å²) in [5, 5.41) is 11.8. The second-order valence-electron chi connectivity index (χ2n) is 5.40. The Kier molecular flexibility index (Phi) is 5.65. The van der Waals surface area contributed by atoms with Crippen molar-refractivity contribution in [1.29, 1.82) is 0 Å². The first kappa shape index (κ1) is 16.3. The van der Waals surface area contributed by atoms with Crippen LogP contribution in [0.5, 0.6) is 0 Å². The normalized spacial score (nSPS) is 14.2. The van der Waals surface area contributed by atoms with Crippen LogP contribution >= 0.6 is 23.2 Å². The number of aliphatic hydroxyl groups excluding tert-OH is 1. The quantitative estimate of drug-likeness (QED) is 0.883. The molecule has 0 radical (unpaired) electrons. The van der Waals surface area contributed by atoms with Gasteiger partial charge in [0.25, 0.3) is 0 Å². The number of hydrogen-bond acceptors (Lipinski definition) is 2. The largest absolute Gasteiger partial charge is 0.388 e. The van der Waals surface area contributed by atoms with Gasteiger partial charge in [0.1, 0.15) is 0 Å². The van der Waals surface area contributed by atoms with Crippen LogP contribution < -0.4 is 0 Å². The highest BCUT2D eigenvalue weighted by Gasteiger charge is 2.24. The second-order valence-corrected chi connectivity index (χ2v) is 6.21. The molecule has 0 saturated heterocycles. The summed E-state index contributed by atoms with van der Waals surface area (Å²) in [6.07, 6.45) is -0.592. The zero-order valence-corrected chi connectivity index (χ0v) is 13.6. The molecule has 0 bridgehead atoms. The third-order valence-electron chi connectivity index (χ3n) is 3.46. The van der Waals surface area contributed by atoms with Gasteiger partial charge in [0.05, 0.1) is 16.1 Å². The fourth-order valence-electron chi connectivity index (χ4n) is 2.41. The molecule has 2 aromatic rings. The summed E-state index contributed by atoms with van der Waals surface area (Å²) in [4.78, 5) is 2.05. The van der Waals surface area contributed by atoms with E-state index in [4.69, 9.17) is 23.2 Å². The molecule has 1 unspecified atom stereocenters. The minimum absolute atomic E-state index is 0.0721. The SMILES string of the molecule is CN(C)CC(c1ccc(Cl)c(Cl)c1)[C@H](O)c1ccccc1. The standard InChI is InChI=1S/C17H19Cl2NO/c1-20(2)11-14(13-8-9-15(18)16(19)10-13)17(21)12-6-4-3-5-7-12/h3-10,14,17,21H,11H2,1-2H3/t14?,17-/m1/s1. The van der Waals surface area contributed by atoms with Gasteiger partial charge in [-0.15, -0.1) is 0 Å². The lowest BCUT2D eigenvalue weighted by Crippen LogP contribution is -2.25. The van der Waals surface area contributed by atoms with E-state index in [2.05, 4.69) is 4.90 Å². The summed E-state index contributed by atoms with van der Waals surface area (Å²) >= 11 is 12.1. The van der Waals surface area contributed by atoms with Gasteiger partial charge in [0.15, 0.2) is 0 Å². The zero-order valence-electron chi connectivity index (χ0n) is 12.1. The van der Waals surface area contributed by atoms with E-state index < -0.39 is 6.10 Å². The van der Waals surface area contributed by atoms with Crippen LogP contribution in [0.25, 0.3) is 0 Å². The highest BCUT2D eigenvalue weighted by Crippen LogP contribution is 2.34. The average Bonchev–Trinajstić information content (AvgIpc) is 2.48. The van der Waals surface area contributed by atoms with Crippen molar-refractivity contribution < 1.29 is 5.11 Å². The Morgan fingerprint density at radius 1 is 0.952 bits per heavy atom. The molecule has 21 heavy (non-hydrogen) atoms. The van der Waals surface area contributed by atoms with Crippen LogP contribution in [-0.2, 0) is 0 Å². The fourth-order valence-corrected chi connectivity index (χ4v) is 2.71. The predicted octanol–water partition coefficient (Wildman–Crippen LogP) is 4.37. The molecule has 0 aromatic heterocycles. The van der Waals surface area contributed by atoms with Crippen molar-refractivity contribution in [3.63, 3.8) is 0 Å². The highest BCUT2D eigenvalue weighted by molar-refractivity contribution is 6.42. The first-order valence-electron chi connectivity index (χ1n) is 6.81. The molecule has 0 fully saturated rings. The molecule has 0 aliphatic carbocycles. The van der Waals surface area contributed by atoms with Crippen molar-refractivity contribution in [3.05, 3.63) is 69.7 Å². The van der Waals surface area contributed by atoms with Crippen molar-refractivity contribution in [2.45, 2.75) is 12.0 Å². The molecule has 1 N–H and O–H groups in total. The molecule has 0 saturated carbocycles. The van der Waals surface area contributed by atoms with E-state index >= 15 is 0 Å². The number of nitrogens with zero attached hydrogens (tertiary/aromatic N) is 1. The lowest BCUT2D eigenvalue weighted by molar-refractivity contribution is 0.129. The number of hydrogen-bond donors (Lipinski definition) is 1. The van der Waals surface area contributed by atoms with Crippen molar-refractivity contribution >= 4 is 23.2 Å². The van der Waals surface area contributed by atoms with Crippen LogP contribution in [0.15, 0.2) is 48.5 Å². The second kappa shape index (κ2) is 7.28. The van der Waals surface area contributed by atoms with Crippen LogP contribution in [0.3, 0.4) is 0 Å². The summed E-state index contributed by atoms with van der Waals surface area (Å²) in [5.74, 6) is -0.0721. The minimum Gasteiger partial charge on any atom is -0.388 e. The average molecular weight is 324 g/mol. The molecule has 4 heteroatoms. The van der Waals surface area contributed by atoms with Crippen LogP contribution in [0.4, 0.5) is 0 Å². The van der Waals surface area contributed by atoms with Crippen molar-refractivity contribution in [2.24, 2.45) is 0 Å². The minimum atomic E-state index is -0.592. The number of likely N-dealkylation sites (N-methyl/N-ethyl adjacent to an activating group) is 1. The van der Waals surface area contributed by atoms with E-state index in [1.807, 2.05) is 56.6 Å². The first-order chi connectivity index (χ1) is 9.99. The lowest BCUT2D eigenvalue weighted by Gasteiger charge is -2.27. The molecular formula is C17H19Cl2NO. The summed E-state index contributed by atoms with van der Waals surface area (Å²) in [5.41, 5.74) is 1.88. The van der Waals surface area contributed by atoms with Crippen molar-refractivity contribution in [3.8, 4) is 0 Å². The number of halogens is 2. The third-order valence-corrected chi connectivity index (χ3v) is 4.19. The molecule has 0 heterocycles. The Morgan fingerprint density at radius 3 is 2.19 bits per heavy atom. The Morgan fingerprint density at radius 2 is 1.62 bits per heavy atom. The maximum atomic E-state index is 10.7. The van der Waals surface area contributed by atoms with Gasteiger partial charge in [-0.25, -0.2) is 0 Å². The topological polar surface area (TPSA) is 23.5 Å². The van der Waals surface area contributed by atoms with Crippen molar-refractivity contribution in [1.82, 2.24) is 4.90 Å². The van der Waals surface area contributed by atoms with Gasteiger partial charge in [-0.2, -0.15) is 0 Å². The molecular weight excluding hydrogens is 305 g/mol. The van der Waals surface area contributed by atoms with Crippen LogP contribution in [-0.4, -0.2) is 30.6 Å². The molecule has 0 aliphatic rings. The van der Waals surface area contributed by atoms with Gasteiger partial charge in [-0.3, -0.25) is 0 Å². The number of benzene rings is 2. The first-order valence-corrected chi connectivity index (χ1v) is 7.57. The molecule has 0 aliphatic heterocycles. The summed E-state index contributed by atoms with van der Waals surface area (Å²) in [7, 11) is 3.98. The maximum absolute atomic E-state index is 10.7.